The monoisotopic (exact) mass is 591 g/mol. The summed E-state index contributed by atoms with van der Waals surface area (Å²) in [4.78, 5) is 28.0. The third-order valence-electron chi connectivity index (χ3n) is 9.67. The van der Waals surface area contributed by atoms with Crippen LogP contribution in [0.2, 0.25) is 0 Å². The molecule has 1 aliphatic heterocycles. The molecule has 44 heavy (non-hydrogen) atoms. The predicted molar refractivity (Wildman–Crippen MR) is 175 cm³/mol. The third-order valence-corrected chi connectivity index (χ3v) is 9.67. The van der Waals surface area contributed by atoms with Gasteiger partial charge >= 0.3 is 0 Å². The van der Waals surface area contributed by atoms with Crippen molar-refractivity contribution in [3.8, 4) is 0 Å². The number of fused-ring (bicyclic) bond motifs is 1. The van der Waals surface area contributed by atoms with E-state index in [0.29, 0.717) is 23.5 Å². The molecular formula is C37H42FN5O. The first-order valence-corrected chi connectivity index (χ1v) is 16.3. The second-order valence-corrected chi connectivity index (χ2v) is 13.1. The molecule has 3 aliphatic rings. The molecule has 7 heteroatoms. The Labute approximate surface area is 259 Å². The molecule has 1 saturated heterocycles. The second-order valence-electron chi connectivity index (χ2n) is 13.1. The average molecular weight is 592 g/mol. The van der Waals surface area contributed by atoms with Gasteiger partial charge in [-0.25, -0.2) is 4.39 Å². The van der Waals surface area contributed by atoms with Crippen molar-refractivity contribution in [2.45, 2.75) is 90.4 Å². The van der Waals surface area contributed by atoms with Crippen molar-refractivity contribution >= 4 is 22.2 Å². The zero-order valence-corrected chi connectivity index (χ0v) is 25.9. The minimum Gasteiger partial charge on any atom is -0.369 e. The van der Waals surface area contributed by atoms with Gasteiger partial charge in [0.2, 0.25) is 0 Å². The number of benzene rings is 1. The van der Waals surface area contributed by atoms with Gasteiger partial charge in [0.05, 0.1) is 17.4 Å². The van der Waals surface area contributed by atoms with E-state index in [2.05, 4.69) is 60.9 Å². The maximum Gasteiger partial charge on any atom is 0.193 e. The molecule has 2 fully saturated rings. The molecule has 3 aromatic heterocycles. The van der Waals surface area contributed by atoms with Crippen LogP contribution in [0.15, 0.2) is 65.9 Å². The number of nitrogens with zero attached hydrogens (tertiary/aromatic N) is 5. The molecule has 6 nitrogen and oxygen atoms in total. The first kappa shape index (κ1) is 28.9. The Morgan fingerprint density at radius 2 is 1.86 bits per heavy atom. The largest absolute Gasteiger partial charge is 0.369 e. The van der Waals surface area contributed by atoms with Crippen LogP contribution in [-0.2, 0) is 13.1 Å². The summed E-state index contributed by atoms with van der Waals surface area (Å²) >= 11 is 0. The minimum absolute atomic E-state index is 0.0497. The molecule has 2 aliphatic carbocycles. The van der Waals surface area contributed by atoms with Crippen molar-refractivity contribution in [3.05, 3.63) is 105 Å². The summed E-state index contributed by atoms with van der Waals surface area (Å²) in [6, 6.07) is 12.5. The lowest BCUT2D eigenvalue weighted by Crippen LogP contribution is -2.48. The highest BCUT2D eigenvalue weighted by Crippen LogP contribution is 2.39. The van der Waals surface area contributed by atoms with Crippen molar-refractivity contribution < 1.29 is 4.39 Å². The number of hydrogen-bond donors (Lipinski definition) is 0. The number of piperidine rings is 1. The molecule has 1 aromatic carbocycles. The standard InChI is InChI=1S/C37H42FN5O/c1-25-10-11-31(20-40-25)41-16-6-9-32(24-41)42(21-27-14-15-39-26(2)17-27)22-29-23-43(30-12-13-30)36-19-33(28-7-4-3-5-8-28)35(38)18-34(36)37(29)44/h7,10-11,14-15,17-20,23,30,32H,3-6,8-9,12-13,16,21-22,24H2,1-2H3/t32-/m0/s1. The molecule has 0 amide bonds. The van der Waals surface area contributed by atoms with E-state index in [1.165, 1.54) is 11.6 Å². The van der Waals surface area contributed by atoms with Gasteiger partial charge in [0.1, 0.15) is 5.82 Å². The van der Waals surface area contributed by atoms with E-state index in [9.17, 15) is 4.79 Å². The van der Waals surface area contributed by atoms with Crippen molar-refractivity contribution in [1.82, 2.24) is 19.4 Å². The molecule has 0 bridgehead atoms. The number of allylic oxidation sites excluding steroid dienone is 2. The van der Waals surface area contributed by atoms with Gasteiger partial charge in [-0.3, -0.25) is 19.7 Å². The Kier molecular flexibility index (Phi) is 8.06. The van der Waals surface area contributed by atoms with E-state index < -0.39 is 0 Å². The van der Waals surface area contributed by atoms with Crippen LogP contribution in [0.25, 0.3) is 16.5 Å². The zero-order chi connectivity index (χ0) is 30.2. The van der Waals surface area contributed by atoms with Crippen molar-refractivity contribution in [1.29, 1.82) is 0 Å². The van der Waals surface area contributed by atoms with E-state index in [1.807, 2.05) is 32.3 Å². The van der Waals surface area contributed by atoms with Crippen LogP contribution in [0.1, 0.15) is 85.5 Å². The van der Waals surface area contributed by atoms with Crippen LogP contribution in [-0.4, -0.2) is 38.6 Å². The minimum atomic E-state index is -0.277. The van der Waals surface area contributed by atoms with Gasteiger partial charge in [-0.05, 0) is 113 Å². The molecule has 0 spiro atoms. The summed E-state index contributed by atoms with van der Waals surface area (Å²) in [5.41, 5.74) is 7.64. The fourth-order valence-electron chi connectivity index (χ4n) is 7.13. The lowest BCUT2D eigenvalue weighted by Gasteiger charge is -2.40. The van der Waals surface area contributed by atoms with E-state index in [1.54, 1.807) is 0 Å². The SMILES string of the molecule is Cc1ccc(N2CCC[C@H](N(Cc3ccnc(C)c3)Cc3cn(C4CC4)c4cc(C5=CCCCC5)c(F)cc4c3=O)C2)cn1. The highest BCUT2D eigenvalue weighted by molar-refractivity contribution is 5.85. The van der Waals surface area contributed by atoms with Gasteiger partial charge in [-0.15, -0.1) is 0 Å². The summed E-state index contributed by atoms with van der Waals surface area (Å²) in [6.07, 6.45) is 16.6. The normalized spacial score (nSPS) is 19.0. The van der Waals surface area contributed by atoms with Gasteiger partial charge < -0.3 is 9.47 Å². The zero-order valence-electron chi connectivity index (χ0n) is 25.9. The van der Waals surface area contributed by atoms with E-state index >= 15 is 4.39 Å². The van der Waals surface area contributed by atoms with Crippen molar-refractivity contribution in [2.75, 3.05) is 18.0 Å². The predicted octanol–water partition coefficient (Wildman–Crippen LogP) is 7.51. The van der Waals surface area contributed by atoms with Gasteiger partial charge in [0, 0.05) is 78.6 Å². The van der Waals surface area contributed by atoms with Crippen LogP contribution in [0.5, 0.6) is 0 Å². The third kappa shape index (κ3) is 6.07. The number of hydrogen-bond acceptors (Lipinski definition) is 5. The molecule has 4 aromatic rings. The van der Waals surface area contributed by atoms with Crippen LogP contribution in [0, 0.1) is 19.7 Å². The molecule has 1 atom stereocenters. The topological polar surface area (TPSA) is 54.3 Å². The van der Waals surface area contributed by atoms with Gasteiger partial charge in [-0.2, -0.15) is 0 Å². The molecule has 1 saturated carbocycles. The average Bonchev–Trinajstić information content (AvgIpc) is 3.88. The van der Waals surface area contributed by atoms with Crippen molar-refractivity contribution in [2.24, 2.45) is 0 Å². The Bertz CT molecular complexity index is 1760. The summed E-state index contributed by atoms with van der Waals surface area (Å²) in [6.45, 7) is 7.13. The Balaban J connectivity index is 1.26. The number of aromatic nitrogens is 3. The fraction of sp³-hybridized carbons (Fsp3) is 0.432. The van der Waals surface area contributed by atoms with Crippen LogP contribution in [0.3, 0.4) is 0 Å². The summed E-state index contributed by atoms with van der Waals surface area (Å²) in [5.74, 6) is -0.277. The van der Waals surface area contributed by atoms with Crippen LogP contribution < -0.4 is 10.3 Å². The fourth-order valence-corrected chi connectivity index (χ4v) is 7.13. The highest BCUT2D eigenvalue weighted by Gasteiger charge is 2.30. The quantitative estimate of drug-likeness (QED) is 0.212. The number of halogens is 1. The summed E-state index contributed by atoms with van der Waals surface area (Å²) < 4.78 is 17.9. The Hall–Kier alpha value is -3.84. The molecule has 0 unspecified atom stereocenters. The van der Waals surface area contributed by atoms with Crippen LogP contribution in [0.4, 0.5) is 10.1 Å². The lowest BCUT2D eigenvalue weighted by atomic mass is 9.92. The van der Waals surface area contributed by atoms with E-state index in [-0.39, 0.29) is 17.3 Å². The maximum atomic E-state index is 15.7. The smallest absolute Gasteiger partial charge is 0.193 e. The molecule has 4 heterocycles. The number of anilines is 1. The lowest BCUT2D eigenvalue weighted by molar-refractivity contribution is 0.158. The number of aryl methyl sites for hydroxylation is 2. The molecule has 228 valence electrons. The maximum absolute atomic E-state index is 15.7. The first-order chi connectivity index (χ1) is 21.4. The van der Waals surface area contributed by atoms with Gasteiger partial charge in [0.15, 0.2) is 5.43 Å². The van der Waals surface area contributed by atoms with E-state index in [0.717, 1.165) is 105 Å². The van der Waals surface area contributed by atoms with Crippen molar-refractivity contribution in [3.63, 3.8) is 0 Å². The van der Waals surface area contributed by atoms with Crippen LogP contribution >= 0.6 is 0 Å². The number of rotatable bonds is 8. The first-order valence-electron chi connectivity index (χ1n) is 16.3. The van der Waals surface area contributed by atoms with E-state index in [4.69, 9.17) is 0 Å². The number of pyridine rings is 3. The Morgan fingerprint density at radius 1 is 0.977 bits per heavy atom. The highest BCUT2D eigenvalue weighted by atomic mass is 19.1. The summed E-state index contributed by atoms with van der Waals surface area (Å²) in [7, 11) is 0. The van der Waals surface area contributed by atoms with Gasteiger partial charge in [0.25, 0.3) is 0 Å². The second kappa shape index (κ2) is 12.3. The van der Waals surface area contributed by atoms with Gasteiger partial charge in [-0.1, -0.05) is 6.08 Å². The summed E-state index contributed by atoms with van der Waals surface area (Å²) in [5, 5.41) is 0.503. The molecule has 7 rings (SSSR count). The Morgan fingerprint density at radius 3 is 2.61 bits per heavy atom. The molecule has 0 radical (unpaired) electrons. The molecule has 0 N–H and O–H groups in total. The molecular weight excluding hydrogens is 549 g/mol.